The number of hydrogen-bond acceptors (Lipinski definition) is 5. The predicted molar refractivity (Wildman–Crippen MR) is 133 cm³/mol. The minimum atomic E-state index is -0.0405. The summed E-state index contributed by atoms with van der Waals surface area (Å²) in [6.07, 6.45) is 7.77. The Balaban J connectivity index is 1.48. The number of aromatic nitrogens is 3. The smallest absolute Gasteiger partial charge is 0.167 e. The normalized spacial score (nSPS) is 10.6. The fourth-order valence-corrected chi connectivity index (χ4v) is 3.72. The van der Waals surface area contributed by atoms with E-state index in [1.807, 2.05) is 42.5 Å². The zero-order chi connectivity index (χ0) is 23.9. The molecule has 0 aliphatic rings. The second-order valence-corrected chi connectivity index (χ2v) is 8.18. The SMILES string of the molecule is C=CC(=O)Cc1ccc(C(=O)Cc2ccc(C)c(Cc3nccc(-c4cccnc4)n3)c2)cc1. The van der Waals surface area contributed by atoms with Crippen LogP contribution in [0.1, 0.15) is 38.4 Å². The van der Waals surface area contributed by atoms with Crippen LogP contribution in [0.4, 0.5) is 0 Å². The Kier molecular flexibility index (Phi) is 7.13. The van der Waals surface area contributed by atoms with E-state index in [4.69, 9.17) is 4.98 Å². The van der Waals surface area contributed by atoms with Gasteiger partial charge in [-0.05, 0) is 53.5 Å². The molecule has 168 valence electrons. The van der Waals surface area contributed by atoms with Gasteiger partial charge in [-0.25, -0.2) is 9.97 Å². The van der Waals surface area contributed by atoms with E-state index in [1.165, 1.54) is 6.08 Å². The lowest BCUT2D eigenvalue weighted by molar-refractivity contribution is -0.114. The first-order valence-electron chi connectivity index (χ1n) is 11.1. The van der Waals surface area contributed by atoms with Crippen LogP contribution in [-0.4, -0.2) is 26.5 Å². The van der Waals surface area contributed by atoms with Gasteiger partial charge in [-0.15, -0.1) is 0 Å². The lowest BCUT2D eigenvalue weighted by atomic mass is 9.96. The van der Waals surface area contributed by atoms with Crippen molar-refractivity contribution in [1.29, 1.82) is 0 Å². The van der Waals surface area contributed by atoms with Gasteiger partial charge in [0, 0.05) is 49.0 Å². The molecule has 0 spiro atoms. The van der Waals surface area contributed by atoms with Gasteiger partial charge in [0.1, 0.15) is 5.82 Å². The van der Waals surface area contributed by atoms with E-state index in [-0.39, 0.29) is 11.6 Å². The van der Waals surface area contributed by atoms with Crippen molar-refractivity contribution in [2.24, 2.45) is 0 Å². The van der Waals surface area contributed by atoms with E-state index < -0.39 is 0 Å². The minimum absolute atomic E-state index is 0.0335. The van der Waals surface area contributed by atoms with Crippen molar-refractivity contribution in [2.45, 2.75) is 26.2 Å². The molecule has 5 heteroatoms. The maximum absolute atomic E-state index is 12.8. The Morgan fingerprint density at radius 3 is 2.47 bits per heavy atom. The van der Waals surface area contributed by atoms with Crippen LogP contribution in [0.5, 0.6) is 0 Å². The highest BCUT2D eigenvalue weighted by atomic mass is 16.1. The highest BCUT2D eigenvalue weighted by Gasteiger charge is 2.11. The molecule has 2 aromatic carbocycles. The summed E-state index contributed by atoms with van der Waals surface area (Å²) in [5.74, 6) is 0.713. The van der Waals surface area contributed by atoms with E-state index in [1.54, 1.807) is 30.7 Å². The molecule has 0 saturated carbocycles. The Labute approximate surface area is 199 Å². The van der Waals surface area contributed by atoms with Crippen molar-refractivity contribution in [3.8, 4) is 11.3 Å². The van der Waals surface area contributed by atoms with Crippen LogP contribution >= 0.6 is 0 Å². The zero-order valence-electron chi connectivity index (χ0n) is 19.1. The molecule has 5 nitrogen and oxygen atoms in total. The maximum Gasteiger partial charge on any atom is 0.167 e. The Bertz CT molecular complexity index is 1330. The number of carbonyl (C=O) groups excluding carboxylic acids is 2. The highest BCUT2D eigenvalue weighted by Crippen LogP contribution is 2.19. The van der Waals surface area contributed by atoms with Crippen molar-refractivity contribution in [3.63, 3.8) is 0 Å². The first-order valence-corrected chi connectivity index (χ1v) is 11.1. The molecule has 0 saturated heterocycles. The molecule has 0 amide bonds. The monoisotopic (exact) mass is 447 g/mol. The van der Waals surface area contributed by atoms with Crippen LogP contribution in [-0.2, 0) is 24.1 Å². The number of aryl methyl sites for hydroxylation is 1. The second kappa shape index (κ2) is 10.6. The molecule has 0 fully saturated rings. The van der Waals surface area contributed by atoms with E-state index >= 15 is 0 Å². The third kappa shape index (κ3) is 5.75. The number of Topliss-reactive ketones (excluding diaryl/α,β-unsaturated/α-hetero) is 1. The summed E-state index contributed by atoms with van der Waals surface area (Å²) in [4.78, 5) is 37.7. The van der Waals surface area contributed by atoms with Gasteiger partial charge in [0.15, 0.2) is 11.6 Å². The summed E-state index contributed by atoms with van der Waals surface area (Å²) in [6, 6.07) is 19.0. The molecule has 0 bridgehead atoms. The summed E-state index contributed by atoms with van der Waals surface area (Å²) < 4.78 is 0. The van der Waals surface area contributed by atoms with E-state index in [0.29, 0.717) is 24.8 Å². The molecule has 34 heavy (non-hydrogen) atoms. The van der Waals surface area contributed by atoms with Gasteiger partial charge >= 0.3 is 0 Å². The summed E-state index contributed by atoms with van der Waals surface area (Å²) in [6.45, 7) is 5.54. The van der Waals surface area contributed by atoms with Crippen molar-refractivity contribution < 1.29 is 9.59 Å². The summed E-state index contributed by atoms with van der Waals surface area (Å²) in [7, 11) is 0. The number of benzene rings is 2. The molecular weight excluding hydrogens is 422 g/mol. The third-order valence-corrected chi connectivity index (χ3v) is 5.67. The largest absolute Gasteiger partial charge is 0.295 e. The Hall–Kier alpha value is -4.25. The molecule has 0 radical (unpaired) electrons. The third-order valence-electron chi connectivity index (χ3n) is 5.67. The molecular formula is C29H25N3O2. The van der Waals surface area contributed by atoms with E-state index in [0.717, 1.165) is 39.3 Å². The maximum atomic E-state index is 12.8. The molecule has 2 aromatic heterocycles. The molecule has 0 N–H and O–H groups in total. The van der Waals surface area contributed by atoms with Gasteiger partial charge in [0.05, 0.1) is 5.69 Å². The van der Waals surface area contributed by atoms with Gasteiger partial charge in [-0.2, -0.15) is 0 Å². The van der Waals surface area contributed by atoms with Gasteiger partial charge in [-0.3, -0.25) is 14.6 Å². The van der Waals surface area contributed by atoms with E-state index in [2.05, 4.69) is 29.5 Å². The molecule has 4 aromatic rings. The van der Waals surface area contributed by atoms with Gasteiger partial charge in [0.25, 0.3) is 0 Å². The average Bonchev–Trinajstić information content (AvgIpc) is 2.87. The van der Waals surface area contributed by atoms with Gasteiger partial charge < -0.3 is 0 Å². The van der Waals surface area contributed by atoms with Crippen LogP contribution in [0.15, 0.2) is 91.9 Å². The Morgan fingerprint density at radius 2 is 1.74 bits per heavy atom. The van der Waals surface area contributed by atoms with Crippen molar-refractivity contribution in [3.05, 3.63) is 126 Å². The molecule has 0 aliphatic heterocycles. The van der Waals surface area contributed by atoms with Gasteiger partial charge in [-0.1, -0.05) is 49.0 Å². The molecule has 4 rings (SSSR count). The lowest BCUT2D eigenvalue weighted by Gasteiger charge is -2.10. The number of allylic oxidation sites excluding steroid dienone is 1. The van der Waals surface area contributed by atoms with Crippen LogP contribution in [0.25, 0.3) is 11.3 Å². The molecule has 0 aliphatic carbocycles. The van der Waals surface area contributed by atoms with Crippen molar-refractivity contribution in [2.75, 3.05) is 0 Å². The van der Waals surface area contributed by atoms with Crippen LogP contribution < -0.4 is 0 Å². The number of rotatable bonds is 9. The molecule has 2 heterocycles. The van der Waals surface area contributed by atoms with Crippen LogP contribution in [0.3, 0.4) is 0 Å². The highest BCUT2D eigenvalue weighted by molar-refractivity contribution is 5.97. The fourth-order valence-electron chi connectivity index (χ4n) is 3.72. The number of hydrogen-bond donors (Lipinski definition) is 0. The quantitative estimate of drug-likeness (QED) is 0.262. The van der Waals surface area contributed by atoms with E-state index in [9.17, 15) is 9.59 Å². The van der Waals surface area contributed by atoms with Crippen LogP contribution in [0, 0.1) is 6.92 Å². The number of carbonyl (C=O) groups is 2. The number of pyridine rings is 1. The Morgan fingerprint density at radius 1 is 0.941 bits per heavy atom. The topological polar surface area (TPSA) is 72.8 Å². The lowest BCUT2D eigenvalue weighted by Crippen LogP contribution is -2.06. The summed E-state index contributed by atoms with van der Waals surface area (Å²) in [5, 5.41) is 0. The molecule has 0 atom stereocenters. The zero-order valence-corrected chi connectivity index (χ0v) is 19.1. The average molecular weight is 448 g/mol. The summed E-state index contributed by atoms with van der Waals surface area (Å²) in [5.41, 5.74) is 6.44. The first-order chi connectivity index (χ1) is 16.5. The van der Waals surface area contributed by atoms with Crippen molar-refractivity contribution >= 4 is 11.6 Å². The number of nitrogens with zero attached hydrogens (tertiary/aromatic N) is 3. The van der Waals surface area contributed by atoms with Crippen LogP contribution in [0.2, 0.25) is 0 Å². The first kappa shape index (κ1) is 22.9. The predicted octanol–water partition coefficient (Wildman–Crippen LogP) is 5.16. The van der Waals surface area contributed by atoms with Gasteiger partial charge in [0.2, 0.25) is 0 Å². The van der Waals surface area contributed by atoms with Crippen molar-refractivity contribution in [1.82, 2.24) is 15.0 Å². The second-order valence-electron chi connectivity index (χ2n) is 8.18. The molecule has 0 unspecified atom stereocenters. The summed E-state index contributed by atoms with van der Waals surface area (Å²) >= 11 is 0. The number of ketones is 2. The minimum Gasteiger partial charge on any atom is -0.295 e. The standard InChI is InChI=1S/C29H25N3O2/c1-3-26(33)16-21-8-10-23(11-9-21)28(34)17-22-7-6-20(2)25(15-22)18-29-31-14-12-27(32-29)24-5-4-13-30-19-24/h3-15,19H,1,16-18H2,2H3. The fraction of sp³-hybridized carbons (Fsp3) is 0.138.